The first-order chi connectivity index (χ1) is 13.2. The summed E-state index contributed by atoms with van der Waals surface area (Å²) in [5.74, 6) is 0. The largest absolute Gasteiger partial charge is 0.180 e. The van der Waals surface area contributed by atoms with Gasteiger partial charge >= 0.3 is 0 Å². The zero-order valence-corrected chi connectivity index (χ0v) is 16.7. The number of hydrogen-bond acceptors (Lipinski definition) is 0. The molecule has 27 heavy (non-hydrogen) atoms. The fraction of sp³-hybridized carbons (Fsp3) is 0.0769. The van der Waals surface area contributed by atoms with Crippen LogP contribution < -0.4 is 20.7 Å². The summed E-state index contributed by atoms with van der Waals surface area (Å²) in [7, 11) is -2.28. The molecule has 0 saturated heterocycles. The molecular weight excluding hydrogens is 340 g/mol. The lowest BCUT2D eigenvalue weighted by Crippen LogP contribution is -2.72. The summed E-state index contributed by atoms with van der Waals surface area (Å²) in [6, 6.07) is 36.1. The maximum Gasteiger partial charge on any atom is 0.180 e. The maximum absolute atomic E-state index is 2.41. The van der Waals surface area contributed by atoms with Crippen LogP contribution in [0.2, 0.25) is 0 Å². The number of aryl methyl sites for hydroxylation is 1. The van der Waals surface area contributed by atoms with E-state index < -0.39 is 8.07 Å². The van der Waals surface area contributed by atoms with Gasteiger partial charge in [-0.2, -0.15) is 0 Å². The van der Waals surface area contributed by atoms with E-state index in [4.69, 9.17) is 0 Å². The topological polar surface area (TPSA) is 0 Å². The van der Waals surface area contributed by atoms with Crippen molar-refractivity contribution < 1.29 is 0 Å². The summed E-state index contributed by atoms with van der Waals surface area (Å²) in [6.07, 6.45) is 0. The number of fused-ring (bicyclic) bond motifs is 3. The van der Waals surface area contributed by atoms with Crippen LogP contribution in [0.25, 0.3) is 11.1 Å². The predicted molar refractivity (Wildman–Crippen MR) is 119 cm³/mol. The fourth-order valence-electron chi connectivity index (χ4n) is 4.81. The van der Waals surface area contributed by atoms with Gasteiger partial charge in [0.05, 0.1) is 0 Å². The third kappa shape index (κ3) is 2.15. The standard InChI is InChI=1S/C26H22Si/c1-19-17-18-25-26(20(19)2)23-15-9-10-16-24(23)27(25,21-11-5-3-6-12-21)22-13-7-4-8-14-22/h3-18H,1-2H3. The molecule has 4 aromatic carbocycles. The average Bonchev–Trinajstić information content (AvgIpc) is 3.04. The van der Waals surface area contributed by atoms with Crippen LogP contribution in [0.4, 0.5) is 0 Å². The van der Waals surface area contributed by atoms with Crippen LogP contribution in [0.15, 0.2) is 97.1 Å². The van der Waals surface area contributed by atoms with Gasteiger partial charge in [-0.25, -0.2) is 0 Å². The first-order valence-electron chi connectivity index (χ1n) is 9.56. The molecule has 4 aromatic rings. The smallest absolute Gasteiger partial charge is 0.0623 e. The van der Waals surface area contributed by atoms with Gasteiger partial charge in [0.15, 0.2) is 8.07 Å². The van der Waals surface area contributed by atoms with Crippen LogP contribution in [0.5, 0.6) is 0 Å². The molecule has 1 heteroatoms. The molecule has 0 spiro atoms. The predicted octanol–water partition coefficient (Wildman–Crippen LogP) is 3.66. The molecular formula is C26H22Si. The summed E-state index contributed by atoms with van der Waals surface area (Å²) in [5.41, 5.74) is 5.67. The van der Waals surface area contributed by atoms with Crippen molar-refractivity contribution >= 4 is 28.8 Å². The van der Waals surface area contributed by atoms with Gasteiger partial charge in [0.1, 0.15) is 0 Å². The number of hydrogen-bond donors (Lipinski definition) is 0. The summed E-state index contributed by atoms with van der Waals surface area (Å²) in [4.78, 5) is 0. The quantitative estimate of drug-likeness (QED) is 0.421. The van der Waals surface area contributed by atoms with Gasteiger partial charge in [-0.3, -0.25) is 0 Å². The van der Waals surface area contributed by atoms with Gasteiger partial charge < -0.3 is 0 Å². The highest BCUT2D eigenvalue weighted by Crippen LogP contribution is 2.32. The van der Waals surface area contributed by atoms with Crippen LogP contribution >= 0.6 is 0 Å². The first kappa shape index (κ1) is 16.3. The van der Waals surface area contributed by atoms with Crippen molar-refractivity contribution in [2.24, 2.45) is 0 Å². The first-order valence-corrected chi connectivity index (χ1v) is 11.6. The zero-order chi connectivity index (χ0) is 18.4. The molecule has 0 aliphatic carbocycles. The van der Waals surface area contributed by atoms with Gasteiger partial charge in [0.25, 0.3) is 0 Å². The van der Waals surface area contributed by atoms with Crippen LogP contribution in [-0.4, -0.2) is 8.07 Å². The van der Waals surface area contributed by atoms with Crippen molar-refractivity contribution in [1.29, 1.82) is 0 Å². The molecule has 1 heterocycles. The lowest BCUT2D eigenvalue weighted by Gasteiger charge is -2.31. The Morgan fingerprint density at radius 1 is 0.519 bits per heavy atom. The molecule has 0 unspecified atom stereocenters. The van der Waals surface area contributed by atoms with Crippen LogP contribution in [0.3, 0.4) is 0 Å². The minimum Gasteiger partial charge on any atom is -0.0623 e. The van der Waals surface area contributed by atoms with Crippen molar-refractivity contribution in [2.45, 2.75) is 13.8 Å². The van der Waals surface area contributed by atoms with E-state index in [9.17, 15) is 0 Å². The molecule has 0 amide bonds. The van der Waals surface area contributed by atoms with Gasteiger partial charge in [0, 0.05) is 0 Å². The van der Waals surface area contributed by atoms with E-state index in [1.165, 1.54) is 43.0 Å². The number of rotatable bonds is 2. The second-order valence-electron chi connectivity index (χ2n) is 7.46. The second-order valence-corrected chi connectivity index (χ2v) is 11.2. The summed E-state index contributed by atoms with van der Waals surface area (Å²) in [6.45, 7) is 4.51. The second kappa shape index (κ2) is 6.07. The fourth-order valence-corrected chi connectivity index (χ4v) is 10.1. The number of benzene rings is 4. The van der Waals surface area contributed by atoms with Gasteiger partial charge in [0.2, 0.25) is 0 Å². The Kier molecular flexibility index (Phi) is 3.66. The van der Waals surface area contributed by atoms with Crippen LogP contribution in [-0.2, 0) is 0 Å². The summed E-state index contributed by atoms with van der Waals surface area (Å²) in [5, 5.41) is 5.98. The molecule has 0 radical (unpaired) electrons. The Bertz CT molecular complexity index is 1090. The van der Waals surface area contributed by atoms with Gasteiger partial charge in [-0.05, 0) is 56.8 Å². The molecule has 1 aliphatic heterocycles. The highest BCUT2D eigenvalue weighted by molar-refractivity contribution is 7.22. The maximum atomic E-state index is 2.41. The molecule has 0 saturated carbocycles. The van der Waals surface area contributed by atoms with E-state index in [-0.39, 0.29) is 0 Å². The van der Waals surface area contributed by atoms with Crippen molar-refractivity contribution in [3.05, 3.63) is 108 Å². The highest BCUT2D eigenvalue weighted by atomic mass is 28.3. The average molecular weight is 363 g/mol. The molecule has 0 N–H and O–H groups in total. The van der Waals surface area contributed by atoms with E-state index >= 15 is 0 Å². The zero-order valence-electron chi connectivity index (χ0n) is 15.7. The monoisotopic (exact) mass is 362 g/mol. The Balaban J connectivity index is 2.01. The third-order valence-corrected chi connectivity index (χ3v) is 11.0. The minimum atomic E-state index is -2.28. The van der Waals surface area contributed by atoms with Gasteiger partial charge in [-0.1, -0.05) is 97.1 Å². The van der Waals surface area contributed by atoms with Gasteiger partial charge in [-0.15, -0.1) is 0 Å². The lowest BCUT2D eigenvalue weighted by atomic mass is 9.97. The van der Waals surface area contributed by atoms with Crippen molar-refractivity contribution in [2.75, 3.05) is 0 Å². The highest BCUT2D eigenvalue weighted by Gasteiger charge is 2.48. The summed E-state index contributed by atoms with van der Waals surface area (Å²) < 4.78 is 0. The van der Waals surface area contributed by atoms with Crippen molar-refractivity contribution in [1.82, 2.24) is 0 Å². The molecule has 0 fully saturated rings. The molecule has 0 atom stereocenters. The van der Waals surface area contributed by atoms with Crippen LogP contribution in [0.1, 0.15) is 11.1 Å². The minimum absolute atomic E-state index is 1.37. The van der Waals surface area contributed by atoms with Crippen LogP contribution in [0, 0.1) is 13.8 Å². The normalized spacial score (nSPS) is 13.9. The molecule has 0 aromatic heterocycles. The third-order valence-electron chi connectivity index (χ3n) is 6.15. The molecule has 0 nitrogen and oxygen atoms in total. The van der Waals surface area contributed by atoms with E-state index in [2.05, 4.69) is 111 Å². The van der Waals surface area contributed by atoms with Crippen molar-refractivity contribution in [3.63, 3.8) is 0 Å². The van der Waals surface area contributed by atoms with E-state index in [1.807, 2.05) is 0 Å². The van der Waals surface area contributed by atoms with E-state index in [0.29, 0.717) is 0 Å². The molecule has 130 valence electrons. The van der Waals surface area contributed by atoms with E-state index in [0.717, 1.165) is 0 Å². The Labute approximate surface area is 162 Å². The molecule has 1 aliphatic rings. The Morgan fingerprint density at radius 3 is 1.70 bits per heavy atom. The lowest BCUT2D eigenvalue weighted by molar-refractivity contribution is 1.36. The summed E-state index contributed by atoms with van der Waals surface area (Å²) >= 11 is 0. The Hall–Kier alpha value is -2.90. The SMILES string of the molecule is Cc1ccc2c(c1C)-c1ccccc1[Si]2(c1ccccc1)c1ccccc1. The van der Waals surface area contributed by atoms with Crippen molar-refractivity contribution in [3.8, 4) is 11.1 Å². The molecule has 0 bridgehead atoms. The molecule has 5 rings (SSSR count). The Morgan fingerprint density at radius 2 is 1.07 bits per heavy atom. The van der Waals surface area contributed by atoms with E-state index in [1.54, 1.807) is 0 Å².